The van der Waals surface area contributed by atoms with Crippen LogP contribution in [0.25, 0.3) is 0 Å². The molecule has 1 nitrogen and oxygen atoms in total. The van der Waals surface area contributed by atoms with Crippen LogP contribution < -0.4 is 0 Å². The van der Waals surface area contributed by atoms with Crippen LogP contribution in [-0.4, -0.2) is 28.1 Å². The van der Waals surface area contributed by atoms with E-state index in [0.29, 0.717) is 0 Å². The van der Waals surface area contributed by atoms with Gasteiger partial charge in [0.1, 0.15) is 9.28 Å². The molecule has 0 fully saturated rings. The number of hydrogen-bond donors (Lipinski definition) is 0. The van der Waals surface area contributed by atoms with Gasteiger partial charge in [-0.15, -0.1) is 0 Å². The second kappa shape index (κ2) is 3.79. The molecule has 0 aromatic rings. The second-order valence-electron chi connectivity index (χ2n) is 1.36. The average molecular weight is 133 g/mol. The minimum Gasteiger partial charge on any atom is -0.466 e. The topological polar surface area (TPSA) is 9.23 Å². The monoisotopic (exact) mass is 133 g/mol. The summed E-state index contributed by atoms with van der Waals surface area (Å²) in [5, 5.41) is 0. The standard InChI is InChI=1S/C2H9OSi3/c1-6(2)3-5-4/h6H,5H2,1-2H3. The van der Waals surface area contributed by atoms with Gasteiger partial charge < -0.3 is 4.12 Å². The summed E-state index contributed by atoms with van der Waals surface area (Å²) < 4.78 is 5.23. The molecular weight excluding hydrogens is 124 g/mol. The third kappa shape index (κ3) is 4.61. The van der Waals surface area contributed by atoms with Crippen molar-refractivity contribution < 1.29 is 4.12 Å². The number of rotatable bonds is 2. The van der Waals surface area contributed by atoms with Crippen LogP contribution in [0.15, 0.2) is 0 Å². The summed E-state index contributed by atoms with van der Waals surface area (Å²) in [6.45, 7) is 4.35. The molecule has 35 valence electrons. The van der Waals surface area contributed by atoms with E-state index in [2.05, 4.69) is 22.9 Å². The van der Waals surface area contributed by atoms with E-state index >= 15 is 0 Å². The third-order valence-electron chi connectivity index (χ3n) is 0.417. The van der Waals surface area contributed by atoms with Gasteiger partial charge in [-0.25, -0.2) is 0 Å². The van der Waals surface area contributed by atoms with E-state index in [9.17, 15) is 0 Å². The summed E-state index contributed by atoms with van der Waals surface area (Å²) in [5.41, 5.74) is 0. The predicted molar refractivity (Wildman–Crippen MR) is 34.3 cm³/mol. The summed E-state index contributed by atoms with van der Waals surface area (Å²) in [6, 6.07) is 0. The molecule has 0 aliphatic carbocycles. The molecular formula is C2H9OSi3. The molecule has 0 rings (SSSR count). The molecule has 4 heteroatoms. The Labute approximate surface area is 46.0 Å². The smallest absolute Gasteiger partial charge is 0.156 e. The van der Waals surface area contributed by atoms with Gasteiger partial charge in [-0.05, 0) is 13.1 Å². The van der Waals surface area contributed by atoms with E-state index in [0.717, 1.165) is 0 Å². The third-order valence-corrected chi connectivity index (χ3v) is 5.25. The Bertz CT molecular complexity index is 30.0. The molecule has 0 aromatic carbocycles. The Balaban J connectivity index is 2.63. The van der Waals surface area contributed by atoms with Gasteiger partial charge in [0.15, 0.2) is 9.04 Å². The van der Waals surface area contributed by atoms with Crippen molar-refractivity contribution in [2.24, 2.45) is 0 Å². The lowest BCUT2D eigenvalue weighted by atomic mass is 11.9. The van der Waals surface area contributed by atoms with E-state index in [-0.39, 0.29) is 9.28 Å². The lowest BCUT2D eigenvalue weighted by Crippen LogP contribution is -2.10. The van der Waals surface area contributed by atoms with Crippen LogP contribution in [0, 0.1) is 0 Å². The lowest BCUT2D eigenvalue weighted by Gasteiger charge is -1.98. The van der Waals surface area contributed by atoms with Crippen LogP contribution in [-0.2, 0) is 4.12 Å². The van der Waals surface area contributed by atoms with Gasteiger partial charge >= 0.3 is 0 Å². The molecule has 0 aliphatic heterocycles. The predicted octanol–water partition coefficient (Wildman–Crippen LogP) is -0.846. The maximum absolute atomic E-state index is 5.23. The Kier molecular flexibility index (Phi) is 4.17. The first-order valence-electron chi connectivity index (χ1n) is 2.03. The molecule has 6 heavy (non-hydrogen) atoms. The summed E-state index contributed by atoms with van der Waals surface area (Å²) >= 11 is 0. The molecule has 0 heterocycles. The minimum atomic E-state index is -0.657. The van der Waals surface area contributed by atoms with Gasteiger partial charge in [-0.1, -0.05) is 0 Å². The summed E-state index contributed by atoms with van der Waals surface area (Å²) in [4.78, 5) is 0. The highest BCUT2D eigenvalue weighted by molar-refractivity contribution is 6.88. The van der Waals surface area contributed by atoms with Crippen molar-refractivity contribution in [1.82, 2.24) is 0 Å². The molecule has 0 unspecified atom stereocenters. The first-order valence-corrected chi connectivity index (χ1v) is 8.22. The van der Waals surface area contributed by atoms with E-state index in [1.165, 1.54) is 0 Å². The SMILES string of the molecule is C[SiH](C)O[SiH2][Si]. The molecule has 3 radical (unpaired) electrons. The van der Waals surface area contributed by atoms with Crippen molar-refractivity contribution in [3.63, 3.8) is 0 Å². The Morgan fingerprint density at radius 1 is 1.67 bits per heavy atom. The fraction of sp³-hybridized carbons (Fsp3) is 1.00. The van der Waals surface area contributed by atoms with Crippen molar-refractivity contribution in [2.75, 3.05) is 0 Å². The van der Waals surface area contributed by atoms with Gasteiger partial charge in [-0.3, -0.25) is 0 Å². The average Bonchev–Trinajstić information content (AvgIpc) is 1.35. The van der Waals surface area contributed by atoms with Crippen LogP contribution in [0.5, 0.6) is 0 Å². The normalized spacial score (nSPS) is 12.0. The maximum Gasteiger partial charge on any atom is 0.156 e. The minimum absolute atomic E-state index is 0.266. The van der Waals surface area contributed by atoms with Crippen molar-refractivity contribution in [3.8, 4) is 0 Å². The van der Waals surface area contributed by atoms with Crippen LogP contribution in [0.2, 0.25) is 13.1 Å². The van der Waals surface area contributed by atoms with E-state index < -0.39 is 9.04 Å². The van der Waals surface area contributed by atoms with Crippen molar-refractivity contribution in [1.29, 1.82) is 0 Å². The highest BCUT2D eigenvalue weighted by Gasteiger charge is 1.87. The van der Waals surface area contributed by atoms with E-state index in [1.54, 1.807) is 0 Å². The van der Waals surface area contributed by atoms with Gasteiger partial charge in [0.2, 0.25) is 0 Å². The fourth-order valence-corrected chi connectivity index (χ4v) is 4.50. The zero-order valence-electron chi connectivity index (χ0n) is 4.19. The molecule has 0 N–H and O–H groups in total. The summed E-state index contributed by atoms with van der Waals surface area (Å²) in [7, 11) is 2.42. The van der Waals surface area contributed by atoms with Gasteiger partial charge in [0, 0.05) is 9.76 Å². The highest BCUT2D eigenvalue weighted by Crippen LogP contribution is 1.75. The summed E-state index contributed by atoms with van der Waals surface area (Å²) in [5.74, 6) is 0. The van der Waals surface area contributed by atoms with E-state index in [4.69, 9.17) is 4.12 Å². The van der Waals surface area contributed by atoms with E-state index in [1.807, 2.05) is 0 Å². The van der Waals surface area contributed by atoms with Crippen molar-refractivity contribution >= 4 is 28.1 Å². The van der Waals surface area contributed by atoms with Crippen LogP contribution in [0.3, 0.4) is 0 Å². The Morgan fingerprint density at radius 3 is 2.17 bits per heavy atom. The molecule has 0 saturated heterocycles. The molecule has 0 aromatic heterocycles. The fourth-order valence-electron chi connectivity index (χ4n) is 0.167. The lowest BCUT2D eigenvalue weighted by molar-refractivity contribution is 0.641. The van der Waals surface area contributed by atoms with Crippen LogP contribution in [0.4, 0.5) is 0 Å². The Morgan fingerprint density at radius 2 is 2.17 bits per heavy atom. The van der Waals surface area contributed by atoms with Crippen molar-refractivity contribution in [2.45, 2.75) is 13.1 Å². The molecule has 0 spiro atoms. The molecule has 0 amide bonds. The zero-order chi connectivity index (χ0) is 4.99. The van der Waals surface area contributed by atoms with Crippen LogP contribution >= 0.6 is 0 Å². The van der Waals surface area contributed by atoms with Gasteiger partial charge in [-0.2, -0.15) is 0 Å². The van der Waals surface area contributed by atoms with Gasteiger partial charge in [0.05, 0.1) is 0 Å². The first kappa shape index (κ1) is 6.61. The molecule has 0 saturated carbocycles. The Hall–Kier alpha value is 0.611. The summed E-state index contributed by atoms with van der Waals surface area (Å²) in [6.07, 6.45) is 0. The highest BCUT2D eigenvalue weighted by atomic mass is 29.1. The molecule has 0 atom stereocenters. The second-order valence-corrected chi connectivity index (χ2v) is 5.95. The number of hydrogen-bond acceptors (Lipinski definition) is 1. The zero-order valence-corrected chi connectivity index (χ0v) is 7.76. The van der Waals surface area contributed by atoms with Crippen molar-refractivity contribution in [3.05, 3.63) is 0 Å². The van der Waals surface area contributed by atoms with Gasteiger partial charge in [0.25, 0.3) is 0 Å². The largest absolute Gasteiger partial charge is 0.466 e. The molecule has 0 aliphatic rings. The maximum atomic E-state index is 5.23. The van der Waals surface area contributed by atoms with Crippen LogP contribution in [0.1, 0.15) is 0 Å². The quantitative estimate of drug-likeness (QED) is 0.446. The first-order chi connectivity index (χ1) is 2.77. The molecule has 0 bridgehead atoms.